The van der Waals surface area contributed by atoms with Gasteiger partial charge >= 0.3 is 12.4 Å². The fraction of sp³-hybridized carbons (Fsp3) is 0.444. The van der Waals surface area contributed by atoms with E-state index in [2.05, 4.69) is 15.3 Å². The van der Waals surface area contributed by atoms with Gasteiger partial charge in [0.2, 0.25) is 5.82 Å². The third-order valence-electron chi connectivity index (χ3n) is 9.72. The third-order valence-corrected chi connectivity index (χ3v) is 9.72. The van der Waals surface area contributed by atoms with E-state index in [1.807, 2.05) is 18.7 Å². The van der Waals surface area contributed by atoms with Crippen molar-refractivity contribution in [2.75, 3.05) is 46.2 Å². The van der Waals surface area contributed by atoms with Crippen LogP contribution in [0.15, 0.2) is 54.1 Å². The summed E-state index contributed by atoms with van der Waals surface area (Å²) in [6.07, 6.45) is -8.46. The van der Waals surface area contributed by atoms with Crippen molar-refractivity contribution in [3.63, 3.8) is 0 Å². The molecule has 2 amide bonds. The van der Waals surface area contributed by atoms with Gasteiger partial charge in [-0.05, 0) is 70.5 Å². The Kier molecular flexibility index (Phi) is 11.5. The van der Waals surface area contributed by atoms with Crippen molar-refractivity contribution in [3.05, 3.63) is 82.5 Å². The van der Waals surface area contributed by atoms with Crippen LogP contribution in [0.3, 0.4) is 0 Å². The summed E-state index contributed by atoms with van der Waals surface area (Å²) < 4.78 is 123. The van der Waals surface area contributed by atoms with Crippen molar-refractivity contribution in [1.29, 1.82) is 0 Å². The molecule has 0 saturated heterocycles. The summed E-state index contributed by atoms with van der Waals surface area (Å²) in [4.78, 5) is 36.5. The van der Waals surface area contributed by atoms with Gasteiger partial charge in [-0.2, -0.15) is 30.7 Å². The lowest BCUT2D eigenvalue weighted by atomic mass is 9.72. The van der Waals surface area contributed by atoms with E-state index in [0.29, 0.717) is 44.0 Å². The van der Waals surface area contributed by atoms with Crippen LogP contribution in [0, 0.1) is 11.6 Å². The number of methoxy groups -OCH3 is 1. The highest BCUT2D eigenvalue weighted by molar-refractivity contribution is 6.24. The van der Waals surface area contributed by atoms with Gasteiger partial charge in [0.25, 0.3) is 11.8 Å². The molecule has 0 bridgehead atoms. The smallest absolute Gasteiger partial charge is 0.433 e. The topological polar surface area (TPSA) is 120 Å². The lowest BCUT2D eigenvalue weighted by Gasteiger charge is -2.54. The summed E-state index contributed by atoms with van der Waals surface area (Å²) in [5.74, 6) is -6.22. The summed E-state index contributed by atoms with van der Waals surface area (Å²) in [6, 6.07) is 4.56. The normalized spacial score (nSPS) is 16.5. The zero-order chi connectivity index (χ0) is 40.7. The van der Waals surface area contributed by atoms with Gasteiger partial charge in [-0.1, -0.05) is 6.07 Å². The van der Waals surface area contributed by atoms with Crippen LogP contribution in [0.25, 0.3) is 11.3 Å². The number of benzene rings is 2. The predicted octanol–water partition coefficient (Wildman–Crippen LogP) is 6.76. The molecule has 1 fully saturated rings. The van der Waals surface area contributed by atoms with E-state index in [4.69, 9.17) is 9.47 Å². The quantitative estimate of drug-likeness (QED) is 0.152. The highest BCUT2D eigenvalue weighted by atomic mass is 19.4. The molecule has 0 unspecified atom stereocenters. The molecule has 0 radical (unpaired) electrons. The Labute approximate surface area is 310 Å². The number of halogens is 8. The van der Waals surface area contributed by atoms with Crippen LogP contribution in [0.2, 0.25) is 0 Å². The van der Waals surface area contributed by atoms with Gasteiger partial charge in [-0.25, -0.2) is 19.4 Å². The number of nitrogens with one attached hydrogen (secondary N) is 1. The van der Waals surface area contributed by atoms with E-state index in [-0.39, 0.29) is 30.8 Å². The SMILES string of the molecule is COC(C)(C)CN(C)CCOc1ccc(CN2C(=O)C(C(=O)Nc3ccc(C(F)(F)F)cc3-c3cc(C(F)(F)F)ncn3)=C(O)C3(CCC3)N2C)c(F)c1F. The van der Waals surface area contributed by atoms with Crippen LogP contribution in [0.5, 0.6) is 5.75 Å². The fourth-order valence-corrected chi connectivity index (χ4v) is 6.40. The van der Waals surface area contributed by atoms with Crippen LogP contribution < -0.4 is 10.1 Å². The zero-order valence-corrected chi connectivity index (χ0v) is 30.3. The minimum Gasteiger partial charge on any atom is -0.509 e. The van der Waals surface area contributed by atoms with E-state index in [1.165, 1.54) is 24.2 Å². The maximum atomic E-state index is 15.5. The monoisotopic (exact) mass is 786 g/mol. The second-order valence-corrected chi connectivity index (χ2v) is 13.9. The van der Waals surface area contributed by atoms with Gasteiger partial charge in [0, 0.05) is 38.4 Å². The number of ether oxygens (including phenoxy) is 2. The highest BCUT2D eigenvalue weighted by Crippen LogP contribution is 2.47. The molecule has 55 heavy (non-hydrogen) atoms. The minimum absolute atomic E-state index is 0.00573. The fourth-order valence-electron chi connectivity index (χ4n) is 6.40. The Morgan fingerprint density at radius 2 is 1.71 bits per heavy atom. The number of hydrogen-bond donors (Lipinski definition) is 2. The first kappa shape index (κ1) is 41.3. The summed E-state index contributed by atoms with van der Waals surface area (Å²) >= 11 is 0. The van der Waals surface area contributed by atoms with Gasteiger partial charge < -0.3 is 24.8 Å². The number of likely N-dealkylation sites (N-methyl/N-ethyl adjacent to an activating group) is 2. The van der Waals surface area contributed by atoms with Gasteiger partial charge in [-0.15, -0.1) is 0 Å². The summed E-state index contributed by atoms with van der Waals surface area (Å²) in [5.41, 5.74) is -7.44. The van der Waals surface area contributed by atoms with E-state index < -0.39 is 93.0 Å². The van der Waals surface area contributed by atoms with Crippen molar-refractivity contribution in [2.45, 2.75) is 63.1 Å². The van der Waals surface area contributed by atoms with Crippen molar-refractivity contribution in [3.8, 4) is 17.0 Å². The van der Waals surface area contributed by atoms with Crippen LogP contribution in [-0.2, 0) is 33.2 Å². The number of aliphatic hydroxyl groups excluding tert-OH is 1. The number of hydrogen-bond acceptors (Lipinski definition) is 9. The lowest BCUT2D eigenvalue weighted by Crippen LogP contribution is -2.65. The maximum Gasteiger partial charge on any atom is 0.433 e. The van der Waals surface area contributed by atoms with Crippen molar-refractivity contribution < 1.29 is 59.3 Å². The Morgan fingerprint density at radius 1 is 1.02 bits per heavy atom. The molecule has 1 aliphatic heterocycles. The van der Waals surface area contributed by atoms with E-state index in [1.54, 1.807) is 14.2 Å². The molecule has 1 saturated carbocycles. The number of aliphatic hydroxyl groups is 1. The Morgan fingerprint density at radius 3 is 2.31 bits per heavy atom. The number of aromatic nitrogens is 2. The second kappa shape index (κ2) is 15.3. The first-order chi connectivity index (χ1) is 25.6. The van der Waals surface area contributed by atoms with Crippen LogP contribution >= 0.6 is 0 Å². The summed E-state index contributed by atoms with van der Waals surface area (Å²) in [6.45, 7) is 4.04. The molecule has 3 aromatic rings. The largest absolute Gasteiger partial charge is 0.509 e. The Balaban J connectivity index is 1.42. The molecule has 19 heteroatoms. The van der Waals surface area contributed by atoms with Gasteiger partial charge in [0.15, 0.2) is 11.6 Å². The molecular formula is C36H38F8N6O5. The molecule has 2 heterocycles. The zero-order valence-electron chi connectivity index (χ0n) is 30.3. The number of rotatable bonds is 12. The molecule has 1 aliphatic carbocycles. The van der Waals surface area contributed by atoms with Crippen LogP contribution in [0.4, 0.5) is 40.8 Å². The number of anilines is 1. The summed E-state index contributed by atoms with van der Waals surface area (Å²) in [7, 11) is 4.79. The summed E-state index contributed by atoms with van der Waals surface area (Å²) in [5, 5.41) is 15.9. The predicted molar refractivity (Wildman–Crippen MR) is 181 cm³/mol. The highest BCUT2D eigenvalue weighted by Gasteiger charge is 2.55. The first-order valence-electron chi connectivity index (χ1n) is 16.8. The van der Waals surface area contributed by atoms with Crippen molar-refractivity contribution in [2.24, 2.45) is 0 Å². The third kappa shape index (κ3) is 8.52. The van der Waals surface area contributed by atoms with Gasteiger partial charge in [0.1, 0.15) is 30.0 Å². The molecule has 0 atom stereocenters. The molecule has 2 aromatic carbocycles. The number of hydrazine groups is 1. The molecule has 11 nitrogen and oxygen atoms in total. The maximum absolute atomic E-state index is 15.5. The number of alkyl halides is 6. The average Bonchev–Trinajstić information content (AvgIpc) is 3.08. The van der Waals surface area contributed by atoms with E-state index in [9.17, 15) is 41.0 Å². The van der Waals surface area contributed by atoms with Crippen LogP contribution in [-0.4, -0.2) is 93.8 Å². The van der Waals surface area contributed by atoms with Crippen molar-refractivity contribution >= 4 is 17.5 Å². The lowest BCUT2D eigenvalue weighted by molar-refractivity contribution is -0.172. The average molecular weight is 787 g/mol. The Bertz CT molecular complexity index is 1980. The molecule has 298 valence electrons. The van der Waals surface area contributed by atoms with Crippen molar-refractivity contribution in [1.82, 2.24) is 24.9 Å². The van der Waals surface area contributed by atoms with Gasteiger partial charge in [-0.3, -0.25) is 14.6 Å². The van der Waals surface area contributed by atoms with Crippen LogP contribution in [0.1, 0.15) is 49.9 Å². The number of carbonyl (C=O) groups excluding carboxylic acids is 2. The second-order valence-electron chi connectivity index (χ2n) is 13.9. The Hall–Kier alpha value is -4.88. The molecule has 2 N–H and O–H groups in total. The molecule has 5 rings (SSSR count). The van der Waals surface area contributed by atoms with E-state index in [0.717, 1.165) is 11.1 Å². The minimum atomic E-state index is -4.99. The first-order valence-corrected chi connectivity index (χ1v) is 16.8. The molecule has 1 aromatic heterocycles. The van der Waals surface area contributed by atoms with Gasteiger partial charge in [0.05, 0.1) is 34.6 Å². The van der Waals surface area contributed by atoms with E-state index >= 15 is 8.78 Å². The molecule has 2 aliphatic rings. The number of amides is 2. The molecular weight excluding hydrogens is 748 g/mol. The number of nitrogens with zero attached hydrogens (tertiary/aromatic N) is 5. The molecule has 1 spiro atoms. The standard InChI is InChI=1S/C36H38F8N6O5/c1-33(2,54-5)18-48(3)13-14-55-25-10-7-20(28(37)29(25)38)17-50-32(53)27(30(51)34(49(50)4)11-6-12-34)31(52)47-23-9-8-21(35(39,40)41)15-22(23)24-16-26(36(42,43)44)46-19-45-24/h7-10,15-16,19,51H,6,11-14,17-18H2,1-5H3,(H,47,52). The number of carbonyl (C=O) groups is 2.